The van der Waals surface area contributed by atoms with Crippen LogP contribution in [0.3, 0.4) is 0 Å². The average molecular weight is 425 g/mol. The topological polar surface area (TPSA) is 66.6 Å². The van der Waals surface area contributed by atoms with Crippen LogP contribution < -0.4 is 0 Å². The molecule has 5 heteroatoms. The Bertz CT molecular complexity index is 869. The van der Waals surface area contributed by atoms with E-state index in [-0.39, 0.29) is 17.4 Å². The smallest absolute Gasteiger partial charge is 0.276 e. The van der Waals surface area contributed by atoms with Crippen LogP contribution in [0.4, 0.5) is 5.69 Å². The molecule has 1 aliphatic heterocycles. The number of piperidine rings is 1. The van der Waals surface area contributed by atoms with Crippen molar-refractivity contribution in [3.8, 4) is 5.75 Å². The number of hydrogen-bond donors (Lipinski definition) is 1. The lowest BCUT2D eigenvalue weighted by molar-refractivity contribution is -0.385. The number of benzene rings is 2. The molecule has 0 radical (unpaired) electrons. The molecule has 0 saturated carbocycles. The first-order valence-electron chi connectivity index (χ1n) is 11.3. The lowest BCUT2D eigenvalue weighted by Crippen LogP contribution is -2.36. The second-order valence-electron chi connectivity index (χ2n) is 8.12. The van der Waals surface area contributed by atoms with Crippen LogP contribution in [0.2, 0.25) is 0 Å². The summed E-state index contributed by atoms with van der Waals surface area (Å²) in [6, 6.07) is 12.0. The lowest BCUT2D eigenvalue weighted by Gasteiger charge is -2.35. The van der Waals surface area contributed by atoms with Gasteiger partial charge in [0, 0.05) is 18.5 Å². The highest BCUT2D eigenvalue weighted by molar-refractivity contribution is 5.52. The van der Waals surface area contributed by atoms with Gasteiger partial charge in [0.05, 0.1) is 10.5 Å². The summed E-state index contributed by atoms with van der Waals surface area (Å²) in [6.07, 6.45) is 4.97. The van der Waals surface area contributed by atoms with Crippen LogP contribution in [0.1, 0.15) is 54.9 Å². The molecule has 168 valence electrons. The van der Waals surface area contributed by atoms with Crippen molar-refractivity contribution in [2.24, 2.45) is 5.92 Å². The minimum Gasteiger partial charge on any atom is -0.507 e. The van der Waals surface area contributed by atoms with E-state index in [1.807, 2.05) is 19.9 Å². The van der Waals surface area contributed by atoms with Crippen molar-refractivity contribution in [2.45, 2.75) is 52.9 Å². The number of likely N-dealkylation sites (tertiary alicyclic amines) is 1. The van der Waals surface area contributed by atoms with Gasteiger partial charge in [-0.2, -0.15) is 0 Å². The van der Waals surface area contributed by atoms with Gasteiger partial charge in [0.25, 0.3) is 5.69 Å². The highest BCUT2D eigenvalue weighted by Gasteiger charge is 2.28. The van der Waals surface area contributed by atoms with Crippen LogP contribution in [0.25, 0.3) is 0 Å². The minimum atomic E-state index is -0.424. The molecule has 2 aromatic carbocycles. The van der Waals surface area contributed by atoms with Crippen LogP contribution in [0.5, 0.6) is 5.75 Å². The zero-order chi connectivity index (χ0) is 23.0. The quantitative estimate of drug-likeness (QED) is 0.328. The van der Waals surface area contributed by atoms with Gasteiger partial charge in [-0.3, -0.25) is 10.1 Å². The lowest BCUT2D eigenvalue weighted by atomic mass is 9.79. The molecule has 0 aliphatic carbocycles. The fourth-order valence-electron chi connectivity index (χ4n) is 4.27. The Kier molecular flexibility index (Phi) is 9.25. The molecule has 3 rings (SSSR count). The van der Waals surface area contributed by atoms with E-state index in [0.717, 1.165) is 44.5 Å². The van der Waals surface area contributed by atoms with E-state index < -0.39 is 4.92 Å². The summed E-state index contributed by atoms with van der Waals surface area (Å²) in [5.41, 5.74) is 3.72. The number of rotatable bonds is 7. The van der Waals surface area contributed by atoms with E-state index in [9.17, 15) is 15.2 Å². The Morgan fingerprint density at radius 3 is 2.35 bits per heavy atom. The van der Waals surface area contributed by atoms with E-state index >= 15 is 0 Å². The van der Waals surface area contributed by atoms with Gasteiger partial charge < -0.3 is 10.0 Å². The number of nitro benzene ring substituents is 1. The maximum absolute atomic E-state index is 11.3. The second-order valence-corrected chi connectivity index (χ2v) is 8.12. The molecule has 1 aliphatic rings. The summed E-state index contributed by atoms with van der Waals surface area (Å²) in [5, 5.41) is 21.5. The predicted octanol–water partition coefficient (Wildman–Crippen LogP) is 6.17. The van der Waals surface area contributed by atoms with Crippen molar-refractivity contribution >= 4 is 5.69 Å². The van der Waals surface area contributed by atoms with Crippen molar-refractivity contribution in [3.05, 3.63) is 81.4 Å². The van der Waals surface area contributed by atoms with Gasteiger partial charge in [0.15, 0.2) is 0 Å². The van der Waals surface area contributed by atoms with E-state index in [0.29, 0.717) is 11.5 Å². The molecule has 1 unspecified atom stereocenters. The molecule has 2 aromatic rings. The normalized spacial score (nSPS) is 15.6. The maximum Gasteiger partial charge on any atom is 0.276 e. The molecule has 1 N–H and O–H groups in total. The Balaban J connectivity index is 0.00000166. The second kappa shape index (κ2) is 11.7. The standard InChI is InChI=1S/C24H30N2O3.C2H6/c1-4-22(21-15-23(26(28)29)18(3)24(27)16-21)20-10-13-25(14-11-20)12-9-19-7-5-17(2)6-8-19;1-2/h4-8,15-16,20,22,27H,1,9-14H2,2-3H3;1-2H3. The summed E-state index contributed by atoms with van der Waals surface area (Å²) in [6.45, 7) is 14.7. The highest BCUT2D eigenvalue weighted by Crippen LogP contribution is 2.38. The zero-order valence-corrected chi connectivity index (χ0v) is 19.3. The Morgan fingerprint density at radius 2 is 1.81 bits per heavy atom. The summed E-state index contributed by atoms with van der Waals surface area (Å²) >= 11 is 0. The Hall–Kier alpha value is -2.66. The molecule has 5 nitrogen and oxygen atoms in total. The molecule has 1 saturated heterocycles. The van der Waals surface area contributed by atoms with Crippen molar-refractivity contribution in [3.63, 3.8) is 0 Å². The Labute approximate surface area is 186 Å². The first kappa shape index (κ1) is 24.6. The minimum absolute atomic E-state index is 0.0134. The third-order valence-corrected chi connectivity index (χ3v) is 6.19. The number of aryl methyl sites for hydroxylation is 1. The van der Waals surface area contributed by atoms with Crippen molar-refractivity contribution in [1.82, 2.24) is 4.90 Å². The van der Waals surface area contributed by atoms with Gasteiger partial charge in [-0.05, 0) is 69.3 Å². The first-order chi connectivity index (χ1) is 14.9. The zero-order valence-electron chi connectivity index (χ0n) is 19.3. The largest absolute Gasteiger partial charge is 0.507 e. The van der Waals surface area contributed by atoms with Gasteiger partial charge in [0.2, 0.25) is 0 Å². The van der Waals surface area contributed by atoms with Gasteiger partial charge >= 0.3 is 0 Å². The fraction of sp³-hybridized carbons (Fsp3) is 0.462. The molecule has 0 spiro atoms. The molecule has 1 fully saturated rings. The fourth-order valence-corrected chi connectivity index (χ4v) is 4.27. The molecule has 0 bridgehead atoms. The monoisotopic (exact) mass is 424 g/mol. The van der Waals surface area contributed by atoms with Crippen LogP contribution in [-0.2, 0) is 6.42 Å². The van der Waals surface area contributed by atoms with Gasteiger partial charge in [0.1, 0.15) is 5.75 Å². The molecule has 1 heterocycles. The molecule has 1 atom stereocenters. The predicted molar refractivity (Wildman–Crippen MR) is 128 cm³/mol. The number of hydrogen-bond acceptors (Lipinski definition) is 4. The summed E-state index contributed by atoms with van der Waals surface area (Å²) in [4.78, 5) is 13.4. The summed E-state index contributed by atoms with van der Waals surface area (Å²) in [7, 11) is 0. The number of allylic oxidation sites excluding steroid dienone is 1. The van der Waals surface area contributed by atoms with E-state index in [1.54, 1.807) is 19.1 Å². The van der Waals surface area contributed by atoms with Crippen molar-refractivity contribution in [2.75, 3.05) is 19.6 Å². The molecular formula is C26H36N2O3. The maximum atomic E-state index is 11.3. The highest BCUT2D eigenvalue weighted by atomic mass is 16.6. The average Bonchev–Trinajstić information content (AvgIpc) is 2.78. The van der Waals surface area contributed by atoms with Crippen molar-refractivity contribution in [1.29, 1.82) is 0 Å². The molecular weight excluding hydrogens is 388 g/mol. The van der Waals surface area contributed by atoms with E-state index in [2.05, 4.69) is 42.7 Å². The summed E-state index contributed by atoms with van der Waals surface area (Å²) < 4.78 is 0. The van der Waals surface area contributed by atoms with Crippen LogP contribution in [0.15, 0.2) is 49.1 Å². The third-order valence-electron chi connectivity index (χ3n) is 6.19. The van der Waals surface area contributed by atoms with Gasteiger partial charge in [-0.1, -0.05) is 49.8 Å². The number of nitro groups is 1. The number of phenols is 1. The van der Waals surface area contributed by atoms with Crippen LogP contribution in [0, 0.1) is 29.9 Å². The van der Waals surface area contributed by atoms with E-state index in [1.165, 1.54) is 11.1 Å². The molecule has 0 aromatic heterocycles. The van der Waals surface area contributed by atoms with Crippen LogP contribution in [-0.4, -0.2) is 34.6 Å². The van der Waals surface area contributed by atoms with Crippen LogP contribution >= 0.6 is 0 Å². The molecule has 31 heavy (non-hydrogen) atoms. The van der Waals surface area contributed by atoms with Gasteiger partial charge in [-0.25, -0.2) is 0 Å². The van der Waals surface area contributed by atoms with Crippen molar-refractivity contribution < 1.29 is 10.0 Å². The van der Waals surface area contributed by atoms with E-state index in [4.69, 9.17) is 0 Å². The Morgan fingerprint density at radius 1 is 1.19 bits per heavy atom. The first-order valence-corrected chi connectivity index (χ1v) is 11.3. The summed E-state index contributed by atoms with van der Waals surface area (Å²) in [5.74, 6) is 0.376. The number of phenolic OH excluding ortho intramolecular Hbond substituents is 1. The molecule has 0 amide bonds. The van der Waals surface area contributed by atoms with Gasteiger partial charge in [-0.15, -0.1) is 6.58 Å². The number of nitrogens with zero attached hydrogens (tertiary/aromatic N) is 2. The number of aromatic hydroxyl groups is 1. The third kappa shape index (κ3) is 6.41. The SMILES string of the molecule is C=CC(c1cc(O)c(C)c([N+](=O)[O-])c1)C1CCN(CCc2ccc(C)cc2)CC1.CC.